The Morgan fingerprint density at radius 3 is 1.29 bits per heavy atom. The topological polar surface area (TPSA) is 121 Å². The van der Waals surface area contributed by atoms with Gasteiger partial charge in [-0.15, -0.1) is 0 Å². The third-order valence-corrected chi connectivity index (χ3v) is 0. The summed E-state index contributed by atoms with van der Waals surface area (Å²) in [4.78, 5) is 0. The maximum Gasteiger partial charge on any atom is -0.0797 e. The van der Waals surface area contributed by atoms with Crippen molar-refractivity contribution in [1.29, 1.82) is 10.5 Å². The van der Waals surface area contributed by atoms with Gasteiger partial charge in [-0.25, -0.2) is 5.26 Å². The molecule has 0 aromatic rings. The lowest BCUT2D eigenvalue weighted by molar-refractivity contribution is 1.53. The van der Waals surface area contributed by atoms with Gasteiger partial charge in [-0.1, -0.05) is 5.40 Å². The van der Waals surface area contributed by atoms with Crippen LogP contribution in [0.25, 0.3) is 0 Å². The van der Waals surface area contributed by atoms with Crippen molar-refractivity contribution < 1.29 is 0 Å². The summed E-state index contributed by atoms with van der Waals surface area (Å²) in [5.41, 5.74) is 0. The minimum absolute atomic E-state index is 0. The van der Waals surface area contributed by atoms with Crippen molar-refractivity contribution in [3.63, 3.8) is 0 Å². The summed E-state index contributed by atoms with van der Waals surface area (Å²) < 4.78 is 0. The minimum atomic E-state index is 0. The number of nitrogens with zero attached hydrogens (tertiary/aromatic N) is 2. The predicted octanol–water partition coefficient (Wildman–Crippen LogP) is 0.863. The summed E-state index contributed by atoms with van der Waals surface area (Å²) in [5, 5.41) is 14.7. The molecule has 8 N–H and O–H groups in total. The third-order valence-electron chi connectivity index (χ3n) is 0. The van der Waals surface area contributed by atoms with E-state index in [9.17, 15) is 0 Å². The smallest absolute Gasteiger partial charge is 0.0797 e. The molecule has 0 saturated carbocycles. The molecule has 0 rings (SSSR count). The molecule has 0 fully saturated rings. The first-order chi connectivity index (χ1) is 2.41. The van der Waals surface area contributed by atoms with E-state index in [1.807, 2.05) is 0 Å². The van der Waals surface area contributed by atoms with Crippen molar-refractivity contribution in [1.82, 2.24) is 12.3 Å². The second-order valence-corrected chi connectivity index (χ2v) is 0.274. The summed E-state index contributed by atoms with van der Waals surface area (Å²) in [6, 6.07) is 0. The fourth-order valence-electron chi connectivity index (χ4n) is 0. The van der Waals surface area contributed by atoms with Crippen LogP contribution in [0, 0.1) is 22.5 Å². The fraction of sp³-hybridized carbons (Fsp3) is 0. The molecule has 0 aliphatic carbocycles. The summed E-state index contributed by atoms with van der Waals surface area (Å²) in [6.45, 7) is 4.75. The van der Waals surface area contributed by atoms with Crippen LogP contribution >= 0.6 is 0 Å². The number of hydrogen-bond acceptors (Lipinski definition) is 3. The van der Waals surface area contributed by atoms with Crippen LogP contribution in [0.4, 0.5) is 0 Å². The molecule has 0 aliphatic heterocycles. The molecule has 0 bridgehead atoms. The van der Waals surface area contributed by atoms with Crippen LogP contribution in [-0.2, 0) is 12.6 Å². The number of quaternary nitrogens is 2. The molecule has 0 amide bonds. The van der Waals surface area contributed by atoms with Crippen LogP contribution in [0.1, 0.15) is 0 Å². The Hall–Kier alpha value is -0.880. The predicted molar refractivity (Wildman–Crippen MR) is 29.9 cm³/mol. The lowest BCUT2D eigenvalue weighted by atomic mass is 11.8. The molecule has 0 unspecified atom stereocenters. The van der Waals surface area contributed by atoms with Gasteiger partial charge in [-0.3, -0.25) is 0 Å². The lowest BCUT2D eigenvalue weighted by Crippen LogP contribution is -1.15. The highest BCUT2D eigenvalue weighted by Crippen LogP contribution is 1.16. The molecular formula is C2H8N4S. The third kappa shape index (κ3) is 64.4. The average Bonchev–Trinajstić information content (AvgIpc) is 1.46. The van der Waals surface area contributed by atoms with Gasteiger partial charge in [0.2, 0.25) is 0 Å². The Morgan fingerprint density at radius 1 is 1.29 bits per heavy atom. The standard InChI is InChI=1S/CHNS.CN.2H3N/c2-1-3;1-2;;/h3H;;2*1H3/q;-1;;/p+1. The zero-order valence-corrected chi connectivity index (χ0v) is 5.12. The van der Waals surface area contributed by atoms with Crippen molar-refractivity contribution >= 4 is 12.6 Å². The monoisotopic (exact) mass is 120 g/mol. The van der Waals surface area contributed by atoms with E-state index in [1.54, 1.807) is 0 Å². The minimum Gasteiger partial charge on any atom is -0.696 e. The quantitative estimate of drug-likeness (QED) is 0.280. The van der Waals surface area contributed by atoms with E-state index >= 15 is 0 Å². The summed E-state index contributed by atoms with van der Waals surface area (Å²) in [7, 11) is 0. The van der Waals surface area contributed by atoms with Crippen LogP contribution < -0.4 is 12.3 Å². The SMILES string of the molecule is N#C[S-].[C-]#N.[NH4+].[NH4+]. The first-order valence-corrected chi connectivity index (χ1v) is 1.06. The van der Waals surface area contributed by atoms with Crippen LogP contribution in [0.15, 0.2) is 0 Å². The molecule has 0 saturated heterocycles. The Bertz CT molecular complexity index is 52.4. The Balaban J connectivity index is -0.0000000105. The molecular weight excluding hydrogens is 112 g/mol. The fourth-order valence-corrected chi connectivity index (χ4v) is 0. The highest BCUT2D eigenvalue weighted by Gasteiger charge is 0.867. The molecule has 4 nitrogen and oxygen atoms in total. The normalized spacial score (nSPS) is 1.29. The van der Waals surface area contributed by atoms with Gasteiger partial charge in [-0.05, 0) is 0 Å². The molecule has 7 heavy (non-hydrogen) atoms. The molecule has 42 valence electrons. The van der Waals surface area contributed by atoms with Gasteiger partial charge in [-0.2, -0.15) is 0 Å². The van der Waals surface area contributed by atoms with Crippen molar-refractivity contribution in [3.05, 3.63) is 6.57 Å². The van der Waals surface area contributed by atoms with E-state index in [2.05, 4.69) is 12.6 Å². The van der Waals surface area contributed by atoms with Gasteiger partial charge in [0.05, 0.1) is 0 Å². The molecule has 5 heteroatoms. The first-order valence-electron chi connectivity index (χ1n) is 0.651. The zero-order chi connectivity index (χ0) is 4.71. The average molecular weight is 120 g/mol. The molecule has 0 atom stereocenters. The van der Waals surface area contributed by atoms with E-state index in [4.69, 9.17) is 17.1 Å². The number of thiocyanates is 1. The highest BCUT2D eigenvalue weighted by atomic mass is 32.1. The molecule has 0 heterocycles. The highest BCUT2D eigenvalue weighted by molar-refractivity contribution is 7.64. The number of nitriles is 1. The second-order valence-electron chi connectivity index (χ2n) is 0.0913. The van der Waals surface area contributed by atoms with Gasteiger partial charge >= 0.3 is 0 Å². The molecule has 0 radical (unpaired) electrons. The van der Waals surface area contributed by atoms with E-state index in [0.29, 0.717) is 0 Å². The summed E-state index contributed by atoms with van der Waals surface area (Å²) in [5.74, 6) is 0. The van der Waals surface area contributed by atoms with E-state index in [1.165, 1.54) is 5.40 Å². The van der Waals surface area contributed by atoms with Crippen molar-refractivity contribution in [2.75, 3.05) is 0 Å². The number of rotatable bonds is 0. The van der Waals surface area contributed by atoms with E-state index < -0.39 is 0 Å². The van der Waals surface area contributed by atoms with Crippen LogP contribution in [-0.4, -0.2) is 0 Å². The van der Waals surface area contributed by atoms with E-state index in [0.717, 1.165) is 0 Å². The first kappa shape index (κ1) is 35.7. The largest absolute Gasteiger partial charge is 0.696 e. The van der Waals surface area contributed by atoms with Gasteiger partial charge in [0.1, 0.15) is 0 Å². The summed E-state index contributed by atoms with van der Waals surface area (Å²) >= 11 is 3.70. The molecule has 0 aromatic heterocycles. The lowest BCUT2D eigenvalue weighted by Gasteiger charge is -1.53. The van der Waals surface area contributed by atoms with E-state index in [-0.39, 0.29) is 12.3 Å². The van der Waals surface area contributed by atoms with Gasteiger partial charge < -0.3 is 36.8 Å². The Labute approximate surface area is 48.3 Å². The molecule has 0 spiro atoms. The van der Waals surface area contributed by atoms with Crippen molar-refractivity contribution in [2.24, 2.45) is 0 Å². The van der Waals surface area contributed by atoms with Crippen molar-refractivity contribution in [3.8, 4) is 5.40 Å². The van der Waals surface area contributed by atoms with Crippen molar-refractivity contribution in [2.45, 2.75) is 0 Å². The van der Waals surface area contributed by atoms with Gasteiger partial charge in [0.15, 0.2) is 0 Å². The Morgan fingerprint density at radius 2 is 1.29 bits per heavy atom. The van der Waals surface area contributed by atoms with Crippen LogP contribution in [0.5, 0.6) is 0 Å². The second kappa shape index (κ2) is 6040. The zero-order valence-electron chi connectivity index (χ0n) is 4.30. The maximum absolute atomic E-state index is 7.13. The summed E-state index contributed by atoms with van der Waals surface area (Å²) in [6.07, 6.45) is 0. The molecule has 0 aliphatic rings. The Kier molecular flexibility index (Phi) is 30800. The van der Waals surface area contributed by atoms with Gasteiger partial charge in [0, 0.05) is 0 Å². The van der Waals surface area contributed by atoms with Crippen LogP contribution in [0.3, 0.4) is 0 Å². The maximum atomic E-state index is 7.13. The number of hydrogen-bond donors (Lipinski definition) is 2. The molecule has 0 aromatic carbocycles. The van der Waals surface area contributed by atoms with Crippen LogP contribution in [0.2, 0.25) is 0 Å². The van der Waals surface area contributed by atoms with Gasteiger partial charge in [0.25, 0.3) is 0 Å².